The Morgan fingerprint density at radius 2 is 1.70 bits per heavy atom. The van der Waals surface area contributed by atoms with Gasteiger partial charge < -0.3 is 5.32 Å². The summed E-state index contributed by atoms with van der Waals surface area (Å²) in [6, 6.07) is 4.25. The normalized spacial score (nSPS) is 18.1. The van der Waals surface area contributed by atoms with E-state index in [1.165, 1.54) is 0 Å². The van der Waals surface area contributed by atoms with Crippen molar-refractivity contribution in [3.63, 3.8) is 0 Å². The summed E-state index contributed by atoms with van der Waals surface area (Å²) in [7, 11) is 0. The number of carbonyl (C=O) groups is 2. The van der Waals surface area contributed by atoms with Crippen molar-refractivity contribution in [3.8, 4) is 0 Å². The van der Waals surface area contributed by atoms with Gasteiger partial charge in [0.25, 0.3) is 0 Å². The molecule has 0 aromatic heterocycles. The van der Waals surface area contributed by atoms with Gasteiger partial charge in [-0.1, -0.05) is 37.0 Å². The summed E-state index contributed by atoms with van der Waals surface area (Å²) < 4.78 is 0. The van der Waals surface area contributed by atoms with Crippen LogP contribution in [0.15, 0.2) is 18.2 Å². The van der Waals surface area contributed by atoms with E-state index in [0.717, 1.165) is 4.90 Å². The second-order valence-electron chi connectivity index (χ2n) is 4.91. The standard InChI is InChI=1S/C14H16Cl2N2O2/c1-3-14(4-2)8-17-13(20)18(12(14)19)11-6-9(15)5-10(16)7-11/h5-7H,3-4,8H2,1-2H3,(H,17,20). The van der Waals surface area contributed by atoms with Crippen LogP contribution in [0.3, 0.4) is 0 Å². The fourth-order valence-electron chi connectivity index (χ4n) is 2.43. The Hall–Kier alpha value is -1.26. The highest BCUT2D eigenvalue weighted by molar-refractivity contribution is 6.35. The van der Waals surface area contributed by atoms with Gasteiger partial charge in [0, 0.05) is 16.6 Å². The Kier molecular flexibility index (Phi) is 4.25. The molecule has 20 heavy (non-hydrogen) atoms. The molecule has 3 amide bonds. The minimum absolute atomic E-state index is 0.204. The van der Waals surface area contributed by atoms with Gasteiger partial charge in [0.15, 0.2) is 0 Å². The molecule has 1 N–H and O–H groups in total. The van der Waals surface area contributed by atoms with Crippen LogP contribution in [0.1, 0.15) is 26.7 Å². The van der Waals surface area contributed by atoms with Crippen molar-refractivity contribution in [3.05, 3.63) is 28.2 Å². The average Bonchev–Trinajstić information content (AvgIpc) is 2.39. The lowest BCUT2D eigenvalue weighted by molar-refractivity contribution is -0.128. The third-order valence-electron chi connectivity index (χ3n) is 3.90. The van der Waals surface area contributed by atoms with E-state index in [1.54, 1.807) is 18.2 Å². The summed E-state index contributed by atoms with van der Waals surface area (Å²) in [5.41, 5.74) is -0.168. The maximum atomic E-state index is 12.7. The van der Waals surface area contributed by atoms with Gasteiger partial charge in [-0.25, -0.2) is 9.69 Å². The lowest BCUT2D eigenvalue weighted by atomic mass is 9.79. The third kappa shape index (κ3) is 2.50. The van der Waals surface area contributed by atoms with E-state index in [-0.39, 0.29) is 5.91 Å². The predicted molar refractivity (Wildman–Crippen MR) is 80.4 cm³/mol. The summed E-state index contributed by atoms with van der Waals surface area (Å²) in [4.78, 5) is 25.9. The number of imide groups is 1. The van der Waals surface area contributed by atoms with Crippen molar-refractivity contribution in [2.75, 3.05) is 11.4 Å². The number of halogens is 2. The Morgan fingerprint density at radius 1 is 1.15 bits per heavy atom. The molecular weight excluding hydrogens is 299 g/mol. The molecule has 4 nitrogen and oxygen atoms in total. The van der Waals surface area contributed by atoms with Crippen LogP contribution in [-0.2, 0) is 4.79 Å². The fraction of sp³-hybridized carbons (Fsp3) is 0.429. The van der Waals surface area contributed by atoms with E-state index >= 15 is 0 Å². The van der Waals surface area contributed by atoms with Crippen LogP contribution in [0.5, 0.6) is 0 Å². The van der Waals surface area contributed by atoms with Crippen molar-refractivity contribution in [1.82, 2.24) is 5.32 Å². The maximum absolute atomic E-state index is 12.7. The molecule has 0 saturated carbocycles. The van der Waals surface area contributed by atoms with Crippen molar-refractivity contribution >= 4 is 40.8 Å². The molecule has 6 heteroatoms. The molecule has 2 rings (SSSR count). The number of benzene rings is 1. The Bertz CT molecular complexity index is 536. The second kappa shape index (κ2) is 5.62. The van der Waals surface area contributed by atoms with Gasteiger partial charge in [-0.15, -0.1) is 0 Å². The number of rotatable bonds is 3. The van der Waals surface area contributed by atoms with Gasteiger partial charge in [0.1, 0.15) is 0 Å². The molecule has 0 radical (unpaired) electrons. The van der Waals surface area contributed by atoms with Gasteiger partial charge >= 0.3 is 6.03 Å². The van der Waals surface area contributed by atoms with Crippen molar-refractivity contribution in [2.45, 2.75) is 26.7 Å². The SMILES string of the molecule is CCC1(CC)CNC(=O)N(c2cc(Cl)cc(Cl)c2)C1=O. The van der Waals surface area contributed by atoms with E-state index in [1.807, 2.05) is 13.8 Å². The zero-order valence-electron chi connectivity index (χ0n) is 11.4. The van der Waals surface area contributed by atoms with Gasteiger partial charge in [-0.3, -0.25) is 4.79 Å². The predicted octanol–water partition coefficient (Wildman–Crippen LogP) is 3.86. The van der Waals surface area contributed by atoms with Crippen LogP contribution in [0.4, 0.5) is 10.5 Å². The number of amides is 3. The summed E-state index contributed by atoms with van der Waals surface area (Å²) in [5.74, 6) is -0.204. The minimum Gasteiger partial charge on any atom is -0.336 e. The lowest BCUT2D eigenvalue weighted by Crippen LogP contribution is -2.60. The highest BCUT2D eigenvalue weighted by Gasteiger charge is 2.45. The molecule has 1 aromatic rings. The molecule has 0 unspecified atom stereocenters. The van der Waals surface area contributed by atoms with Crippen LogP contribution in [0.2, 0.25) is 10.0 Å². The lowest BCUT2D eigenvalue weighted by Gasteiger charge is -2.40. The molecule has 1 saturated heterocycles. The van der Waals surface area contributed by atoms with Crippen LogP contribution in [0, 0.1) is 5.41 Å². The van der Waals surface area contributed by atoms with Crippen LogP contribution in [-0.4, -0.2) is 18.5 Å². The monoisotopic (exact) mass is 314 g/mol. The molecule has 0 bridgehead atoms. The van der Waals surface area contributed by atoms with Gasteiger partial charge in [-0.05, 0) is 31.0 Å². The Balaban J connectivity index is 2.47. The van der Waals surface area contributed by atoms with E-state index < -0.39 is 11.4 Å². The molecule has 1 aliphatic rings. The number of nitrogens with one attached hydrogen (secondary N) is 1. The number of urea groups is 1. The van der Waals surface area contributed by atoms with Crippen molar-refractivity contribution in [2.24, 2.45) is 5.41 Å². The first kappa shape index (κ1) is 15.1. The minimum atomic E-state index is -0.567. The number of hydrogen-bond acceptors (Lipinski definition) is 2. The second-order valence-corrected chi connectivity index (χ2v) is 5.79. The highest BCUT2D eigenvalue weighted by Crippen LogP contribution is 2.35. The molecule has 0 spiro atoms. The number of hydrogen-bond donors (Lipinski definition) is 1. The number of anilines is 1. The molecular formula is C14H16Cl2N2O2. The summed E-state index contributed by atoms with van der Waals surface area (Å²) >= 11 is 11.9. The number of nitrogens with zero attached hydrogens (tertiary/aromatic N) is 1. The molecule has 1 fully saturated rings. The van der Waals surface area contributed by atoms with Gasteiger partial charge in [0.2, 0.25) is 5.91 Å². The zero-order chi connectivity index (χ0) is 14.9. The van der Waals surface area contributed by atoms with Crippen molar-refractivity contribution < 1.29 is 9.59 Å². The number of carbonyl (C=O) groups excluding carboxylic acids is 2. The largest absolute Gasteiger partial charge is 0.336 e. The first-order valence-electron chi connectivity index (χ1n) is 6.52. The quantitative estimate of drug-likeness (QED) is 0.921. The van der Waals surface area contributed by atoms with Gasteiger partial charge in [0.05, 0.1) is 11.1 Å². The Morgan fingerprint density at radius 3 is 2.20 bits per heavy atom. The summed E-state index contributed by atoms with van der Waals surface area (Å²) in [6.45, 7) is 4.26. The van der Waals surface area contributed by atoms with Crippen LogP contribution >= 0.6 is 23.2 Å². The molecule has 1 aromatic carbocycles. The van der Waals surface area contributed by atoms with Crippen LogP contribution < -0.4 is 10.2 Å². The molecule has 0 atom stereocenters. The molecule has 0 aliphatic carbocycles. The van der Waals surface area contributed by atoms with E-state index in [9.17, 15) is 9.59 Å². The first-order chi connectivity index (χ1) is 9.43. The molecule has 1 heterocycles. The van der Waals surface area contributed by atoms with Crippen LogP contribution in [0.25, 0.3) is 0 Å². The zero-order valence-corrected chi connectivity index (χ0v) is 12.9. The topological polar surface area (TPSA) is 49.4 Å². The van der Waals surface area contributed by atoms with Crippen molar-refractivity contribution in [1.29, 1.82) is 0 Å². The van der Waals surface area contributed by atoms with Gasteiger partial charge in [-0.2, -0.15) is 0 Å². The fourth-order valence-corrected chi connectivity index (χ4v) is 2.95. The maximum Gasteiger partial charge on any atom is 0.328 e. The van der Waals surface area contributed by atoms with E-state index in [2.05, 4.69) is 5.32 Å². The Labute approximate surface area is 128 Å². The smallest absolute Gasteiger partial charge is 0.328 e. The highest BCUT2D eigenvalue weighted by atomic mass is 35.5. The summed E-state index contributed by atoms with van der Waals surface area (Å²) in [5, 5.41) is 3.55. The summed E-state index contributed by atoms with van der Waals surface area (Å²) in [6.07, 6.45) is 1.32. The average molecular weight is 315 g/mol. The van der Waals surface area contributed by atoms with E-state index in [4.69, 9.17) is 23.2 Å². The molecule has 1 aliphatic heterocycles. The van der Waals surface area contributed by atoms with E-state index in [0.29, 0.717) is 35.1 Å². The first-order valence-corrected chi connectivity index (χ1v) is 7.27. The molecule has 108 valence electrons. The third-order valence-corrected chi connectivity index (χ3v) is 4.33.